The van der Waals surface area contributed by atoms with E-state index in [1.54, 1.807) is 0 Å². The summed E-state index contributed by atoms with van der Waals surface area (Å²) in [6.07, 6.45) is 23.8. The van der Waals surface area contributed by atoms with Gasteiger partial charge in [-0.05, 0) is 44.9 Å². The van der Waals surface area contributed by atoms with E-state index in [0.29, 0.717) is 0 Å². The monoisotopic (exact) mass is 362 g/mol. The molecule has 4 heteroatoms. The van der Waals surface area contributed by atoms with Gasteiger partial charge >= 0.3 is 5.97 Å². The second-order valence-electron chi connectivity index (χ2n) is 6.58. The molecule has 0 bridgehead atoms. The third-order valence-corrected chi connectivity index (χ3v) is 4.20. The van der Waals surface area contributed by atoms with E-state index in [9.17, 15) is 9.90 Å². The number of carbonyl (C=O) groups is 1. The lowest BCUT2D eigenvalue weighted by Crippen LogP contribution is -2.13. The van der Waals surface area contributed by atoms with Gasteiger partial charge in [-0.25, -0.2) is 0 Å². The van der Waals surface area contributed by atoms with E-state index in [-0.39, 0.29) is 18.6 Å². The number of epoxide rings is 1. The largest absolute Gasteiger partial charge is 0.481 e. The fraction of sp³-hybridized carbons (Fsp3) is 0.591. The Hall–Kier alpha value is -1.65. The molecule has 146 valence electrons. The van der Waals surface area contributed by atoms with Gasteiger partial charge in [-0.3, -0.25) is 4.79 Å². The van der Waals surface area contributed by atoms with E-state index in [4.69, 9.17) is 9.84 Å². The summed E-state index contributed by atoms with van der Waals surface area (Å²) in [5.74, 6) is -0.716. The second kappa shape index (κ2) is 14.5. The maximum absolute atomic E-state index is 10.4. The molecular formula is C22H34O4. The highest BCUT2D eigenvalue weighted by Crippen LogP contribution is 2.29. The number of rotatable bonds is 15. The predicted octanol–water partition coefficient (Wildman–Crippen LogP) is 4.95. The van der Waals surface area contributed by atoms with E-state index in [2.05, 4.69) is 43.4 Å². The highest BCUT2D eigenvalue weighted by atomic mass is 16.6. The van der Waals surface area contributed by atoms with Crippen molar-refractivity contribution in [1.82, 2.24) is 0 Å². The molecule has 0 aliphatic carbocycles. The Bertz CT molecular complexity index is 490. The molecule has 2 N–H and O–H groups in total. The maximum atomic E-state index is 10.4. The standard InChI is InChI=1S/C22H34O4/c1-2-3-4-5-11-14-17-20-22(26-20)19(23)16-13-10-8-6-7-9-12-15-18-21(24)25/h3-4,6,8,11,13-14,16,19-20,22-23H,2,5,7,9-10,12,15,17-18H2,1H3,(H,24,25)/b4-3-,8-6-,14-11-,16-13-/t19-,20+,22+/m1/s1. The first-order valence-corrected chi connectivity index (χ1v) is 9.82. The SMILES string of the molecule is CC/C=C\C/C=C\C[C@@H]1O[C@H]1[C@H](O)/C=C\C/C=C\CCCCCC(=O)O. The number of aliphatic hydroxyl groups excluding tert-OH is 1. The summed E-state index contributed by atoms with van der Waals surface area (Å²) < 4.78 is 5.53. The Morgan fingerprint density at radius 1 is 1.00 bits per heavy atom. The number of unbranched alkanes of at least 4 members (excludes halogenated alkanes) is 3. The Balaban J connectivity index is 2.02. The van der Waals surface area contributed by atoms with Crippen LogP contribution in [0, 0.1) is 0 Å². The molecule has 0 spiro atoms. The molecule has 0 radical (unpaired) electrons. The van der Waals surface area contributed by atoms with Gasteiger partial charge in [0.05, 0.1) is 6.10 Å². The average Bonchev–Trinajstić information content (AvgIpc) is 3.39. The minimum Gasteiger partial charge on any atom is -0.481 e. The quantitative estimate of drug-likeness (QED) is 0.245. The van der Waals surface area contributed by atoms with Crippen LogP contribution in [0.25, 0.3) is 0 Å². The number of carboxylic acid groups (broad SMARTS) is 1. The Kier molecular flexibility index (Phi) is 12.5. The van der Waals surface area contributed by atoms with E-state index in [1.807, 2.05) is 12.2 Å². The van der Waals surface area contributed by atoms with Crippen molar-refractivity contribution in [2.75, 3.05) is 0 Å². The summed E-state index contributed by atoms with van der Waals surface area (Å²) in [5.41, 5.74) is 0. The van der Waals surface area contributed by atoms with Crippen LogP contribution in [0.1, 0.15) is 64.7 Å². The zero-order valence-corrected chi connectivity index (χ0v) is 15.9. The Morgan fingerprint density at radius 2 is 1.73 bits per heavy atom. The van der Waals surface area contributed by atoms with Gasteiger partial charge in [0.1, 0.15) is 12.2 Å². The van der Waals surface area contributed by atoms with Gasteiger partial charge in [0, 0.05) is 6.42 Å². The molecule has 0 aromatic heterocycles. The van der Waals surface area contributed by atoms with Crippen molar-refractivity contribution >= 4 is 5.97 Å². The molecule has 1 heterocycles. The number of aliphatic hydroxyl groups is 1. The third-order valence-electron chi connectivity index (χ3n) is 4.20. The number of allylic oxidation sites excluding steroid dienone is 6. The van der Waals surface area contributed by atoms with Crippen LogP contribution in [-0.2, 0) is 9.53 Å². The maximum Gasteiger partial charge on any atom is 0.303 e. The van der Waals surface area contributed by atoms with Gasteiger partial charge in [-0.1, -0.05) is 62.0 Å². The zero-order valence-electron chi connectivity index (χ0n) is 15.9. The van der Waals surface area contributed by atoms with Gasteiger partial charge in [-0.15, -0.1) is 0 Å². The number of hydrogen-bond donors (Lipinski definition) is 2. The van der Waals surface area contributed by atoms with Crippen molar-refractivity contribution < 1.29 is 19.7 Å². The van der Waals surface area contributed by atoms with Crippen LogP contribution in [0.15, 0.2) is 48.6 Å². The third kappa shape index (κ3) is 11.8. The molecule has 1 aliphatic heterocycles. The van der Waals surface area contributed by atoms with Gasteiger partial charge < -0.3 is 14.9 Å². The lowest BCUT2D eigenvalue weighted by Gasteiger charge is -1.99. The molecule has 0 saturated carbocycles. The average molecular weight is 363 g/mol. The van der Waals surface area contributed by atoms with Crippen LogP contribution >= 0.6 is 0 Å². The topological polar surface area (TPSA) is 70.1 Å². The highest BCUT2D eigenvalue weighted by Gasteiger charge is 2.42. The minimum absolute atomic E-state index is 0.0692. The Labute approximate surface area is 158 Å². The number of carboxylic acids is 1. The van der Waals surface area contributed by atoms with Crippen LogP contribution in [0.2, 0.25) is 0 Å². The summed E-state index contributed by atoms with van der Waals surface area (Å²) in [4.78, 5) is 10.4. The molecule has 0 aromatic rings. The van der Waals surface area contributed by atoms with Crippen LogP contribution in [0.3, 0.4) is 0 Å². The van der Waals surface area contributed by atoms with Crippen molar-refractivity contribution in [1.29, 1.82) is 0 Å². The van der Waals surface area contributed by atoms with Gasteiger partial charge in [0.15, 0.2) is 0 Å². The Morgan fingerprint density at radius 3 is 2.50 bits per heavy atom. The molecule has 1 fully saturated rings. The van der Waals surface area contributed by atoms with Crippen LogP contribution in [-0.4, -0.2) is 34.5 Å². The first-order valence-electron chi connectivity index (χ1n) is 9.82. The lowest BCUT2D eigenvalue weighted by atomic mass is 10.1. The summed E-state index contributed by atoms with van der Waals surface area (Å²) >= 11 is 0. The molecule has 4 nitrogen and oxygen atoms in total. The second-order valence-corrected chi connectivity index (χ2v) is 6.58. The first kappa shape index (κ1) is 22.4. The van der Waals surface area contributed by atoms with E-state index in [1.165, 1.54) is 0 Å². The van der Waals surface area contributed by atoms with E-state index in [0.717, 1.165) is 51.4 Å². The van der Waals surface area contributed by atoms with Crippen molar-refractivity contribution in [3.8, 4) is 0 Å². The number of ether oxygens (including phenoxy) is 1. The van der Waals surface area contributed by atoms with Crippen molar-refractivity contribution in [2.24, 2.45) is 0 Å². The van der Waals surface area contributed by atoms with Gasteiger partial charge in [-0.2, -0.15) is 0 Å². The smallest absolute Gasteiger partial charge is 0.303 e. The zero-order chi connectivity index (χ0) is 19.0. The van der Waals surface area contributed by atoms with Crippen LogP contribution in [0.5, 0.6) is 0 Å². The number of aliphatic carboxylic acids is 1. The minimum atomic E-state index is -0.716. The fourth-order valence-electron chi connectivity index (χ4n) is 2.65. The molecule has 0 amide bonds. The van der Waals surface area contributed by atoms with Crippen molar-refractivity contribution in [3.05, 3.63) is 48.6 Å². The predicted molar refractivity (Wildman–Crippen MR) is 106 cm³/mol. The summed E-state index contributed by atoms with van der Waals surface area (Å²) in [7, 11) is 0. The summed E-state index contributed by atoms with van der Waals surface area (Å²) in [5, 5.41) is 18.6. The molecule has 1 rings (SSSR count). The summed E-state index contributed by atoms with van der Waals surface area (Å²) in [6.45, 7) is 2.12. The molecular weight excluding hydrogens is 328 g/mol. The van der Waals surface area contributed by atoms with Gasteiger partial charge in [0.25, 0.3) is 0 Å². The normalized spacial score (nSPS) is 21.5. The van der Waals surface area contributed by atoms with E-state index < -0.39 is 12.1 Å². The molecule has 0 aromatic carbocycles. The molecule has 3 atom stereocenters. The highest BCUT2D eigenvalue weighted by molar-refractivity contribution is 5.66. The van der Waals surface area contributed by atoms with Crippen molar-refractivity contribution in [3.63, 3.8) is 0 Å². The fourth-order valence-corrected chi connectivity index (χ4v) is 2.65. The van der Waals surface area contributed by atoms with E-state index >= 15 is 0 Å². The van der Waals surface area contributed by atoms with Crippen LogP contribution in [0.4, 0.5) is 0 Å². The molecule has 1 saturated heterocycles. The van der Waals surface area contributed by atoms with Gasteiger partial charge in [0.2, 0.25) is 0 Å². The lowest BCUT2D eigenvalue weighted by molar-refractivity contribution is -0.137. The van der Waals surface area contributed by atoms with Crippen LogP contribution < -0.4 is 0 Å². The molecule has 26 heavy (non-hydrogen) atoms. The van der Waals surface area contributed by atoms with Crippen molar-refractivity contribution in [2.45, 2.75) is 83.0 Å². The summed E-state index contributed by atoms with van der Waals surface area (Å²) in [6, 6.07) is 0. The number of hydrogen-bond acceptors (Lipinski definition) is 3. The molecule has 1 aliphatic rings. The first-order chi connectivity index (χ1) is 12.6. The molecule has 0 unspecified atom stereocenters.